The van der Waals surface area contributed by atoms with Gasteiger partial charge in [-0.2, -0.15) is 0 Å². The van der Waals surface area contributed by atoms with Gasteiger partial charge in [0.05, 0.1) is 17.2 Å². The summed E-state index contributed by atoms with van der Waals surface area (Å²) in [6.45, 7) is 0. The number of nitrogens with two attached hydrogens (primary N) is 1. The Morgan fingerprint density at radius 2 is 1.95 bits per heavy atom. The Kier molecular flexibility index (Phi) is 4.16. The van der Waals surface area contributed by atoms with Gasteiger partial charge in [0.25, 0.3) is 0 Å². The van der Waals surface area contributed by atoms with Gasteiger partial charge in [-0.15, -0.1) is 0 Å². The molecule has 0 amide bonds. The van der Waals surface area contributed by atoms with Gasteiger partial charge in [-0.1, -0.05) is 23.2 Å². The van der Waals surface area contributed by atoms with Gasteiger partial charge < -0.3 is 10.5 Å². The molecular weight excluding hydrogens is 304 g/mol. The molecule has 20 heavy (non-hydrogen) atoms. The first-order chi connectivity index (χ1) is 9.43. The molecule has 0 heterocycles. The van der Waals surface area contributed by atoms with E-state index in [0.717, 1.165) is 6.07 Å². The molecule has 0 atom stereocenters. The number of rotatable bonds is 3. The van der Waals surface area contributed by atoms with Crippen molar-refractivity contribution in [3.63, 3.8) is 0 Å². The molecule has 2 aromatic carbocycles. The molecule has 0 aliphatic rings. The number of methoxy groups -OCH3 is 1. The minimum Gasteiger partial charge on any atom is -0.494 e. The van der Waals surface area contributed by atoms with Crippen molar-refractivity contribution in [1.29, 1.82) is 0 Å². The molecule has 6 heteroatoms. The van der Waals surface area contributed by atoms with Gasteiger partial charge in [-0.3, -0.25) is 4.79 Å². The molecule has 0 aromatic heterocycles. The van der Waals surface area contributed by atoms with Crippen molar-refractivity contribution in [3.05, 3.63) is 57.3 Å². The van der Waals surface area contributed by atoms with Crippen molar-refractivity contribution in [2.45, 2.75) is 0 Å². The zero-order valence-corrected chi connectivity index (χ0v) is 11.9. The number of carbonyl (C=O) groups is 1. The Balaban J connectivity index is 2.49. The molecule has 2 rings (SSSR count). The Morgan fingerprint density at radius 3 is 2.55 bits per heavy atom. The zero-order valence-electron chi connectivity index (χ0n) is 10.4. The molecule has 2 N–H and O–H groups in total. The topological polar surface area (TPSA) is 52.3 Å². The molecule has 0 aliphatic carbocycles. The van der Waals surface area contributed by atoms with E-state index >= 15 is 0 Å². The van der Waals surface area contributed by atoms with Gasteiger partial charge in [-0.25, -0.2) is 4.39 Å². The van der Waals surface area contributed by atoms with Crippen LogP contribution >= 0.6 is 23.2 Å². The summed E-state index contributed by atoms with van der Waals surface area (Å²) in [6.07, 6.45) is 0. The van der Waals surface area contributed by atoms with Crippen molar-refractivity contribution < 1.29 is 13.9 Å². The van der Waals surface area contributed by atoms with E-state index in [0.29, 0.717) is 5.69 Å². The van der Waals surface area contributed by atoms with E-state index in [9.17, 15) is 9.18 Å². The van der Waals surface area contributed by atoms with E-state index < -0.39 is 11.6 Å². The summed E-state index contributed by atoms with van der Waals surface area (Å²) < 4.78 is 18.4. The third-order valence-electron chi connectivity index (χ3n) is 2.71. The highest BCUT2D eigenvalue weighted by Gasteiger charge is 2.17. The molecule has 0 radical (unpaired) electrons. The fourth-order valence-electron chi connectivity index (χ4n) is 1.74. The van der Waals surface area contributed by atoms with Crippen LogP contribution in [0.1, 0.15) is 15.9 Å². The summed E-state index contributed by atoms with van der Waals surface area (Å²) in [5, 5.41) is 0.256. The number of anilines is 1. The highest BCUT2D eigenvalue weighted by molar-refractivity contribution is 6.44. The third kappa shape index (κ3) is 2.71. The first kappa shape index (κ1) is 14.6. The normalized spacial score (nSPS) is 10.4. The standard InChI is InChI=1S/C14H10Cl2FNO2/c1-20-12-3-2-7(4-11(12)17)14(19)9-5-8(18)6-10(15)13(9)16/h2-6H,18H2,1H3. The van der Waals surface area contributed by atoms with Crippen molar-refractivity contribution >= 4 is 34.7 Å². The predicted molar refractivity (Wildman–Crippen MR) is 77.3 cm³/mol. The van der Waals surface area contributed by atoms with Crippen LogP contribution in [0.4, 0.5) is 10.1 Å². The lowest BCUT2D eigenvalue weighted by Gasteiger charge is -2.08. The van der Waals surface area contributed by atoms with Crippen molar-refractivity contribution in [2.24, 2.45) is 0 Å². The van der Waals surface area contributed by atoms with Gasteiger partial charge >= 0.3 is 0 Å². The van der Waals surface area contributed by atoms with Crippen molar-refractivity contribution in [2.75, 3.05) is 12.8 Å². The molecule has 0 unspecified atom stereocenters. The van der Waals surface area contributed by atoms with Crippen LogP contribution < -0.4 is 10.5 Å². The maximum atomic E-state index is 13.6. The lowest BCUT2D eigenvalue weighted by molar-refractivity contribution is 0.103. The number of hydrogen-bond donors (Lipinski definition) is 1. The second-order valence-electron chi connectivity index (χ2n) is 4.04. The summed E-state index contributed by atoms with van der Waals surface area (Å²) >= 11 is 11.9. The molecular formula is C14H10Cl2FNO2. The van der Waals surface area contributed by atoms with E-state index in [1.54, 1.807) is 0 Å². The lowest BCUT2D eigenvalue weighted by atomic mass is 10.0. The average Bonchev–Trinajstić information content (AvgIpc) is 2.42. The summed E-state index contributed by atoms with van der Waals surface area (Å²) in [5.41, 5.74) is 6.19. The van der Waals surface area contributed by atoms with Gasteiger partial charge in [-0.05, 0) is 30.3 Å². The first-order valence-electron chi connectivity index (χ1n) is 5.56. The molecule has 2 aromatic rings. The SMILES string of the molecule is COc1ccc(C(=O)c2cc(N)cc(Cl)c2Cl)cc1F. The number of ketones is 1. The number of ether oxygens (including phenoxy) is 1. The van der Waals surface area contributed by atoms with E-state index in [-0.39, 0.29) is 26.9 Å². The van der Waals surface area contributed by atoms with E-state index in [4.69, 9.17) is 33.7 Å². The van der Waals surface area contributed by atoms with Gasteiger partial charge in [0.15, 0.2) is 17.3 Å². The molecule has 0 fully saturated rings. The molecule has 0 spiro atoms. The fraction of sp³-hybridized carbons (Fsp3) is 0.0714. The van der Waals surface area contributed by atoms with Gasteiger partial charge in [0.1, 0.15) is 0 Å². The van der Waals surface area contributed by atoms with Crippen LogP contribution in [0.25, 0.3) is 0 Å². The van der Waals surface area contributed by atoms with E-state index in [2.05, 4.69) is 0 Å². The Labute approximate surface area is 125 Å². The highest BCUT2D eigenvalue weighted by Crippen LogP contribution is 2.31. The molecule has 0 saturated heterocycles. The number of carbonyl (C=O) groups excluding carboxylic acids is 1. The third-order valence-corrected chi connectivity index (χ3v) is 3.51. The van der Waals surface area contributed by atoms with E-state index in [1.165, 1.54) is 31.4 Å². The maximum Gasteiger partial charge on any atom is 0.194 e. The maximum absolute atomic E-state index is 13.6. The second kappa shape index (κ2) is 5.69. The quantitative estimate of drug-likeness (QED) is 0.689. The Morgan fingerprint density at radius 1 is 1.25 bits per heavy atom. The lowest BCUT2D eigenvalue weighted by Crippen LogP contribution is -2.04. The smallest absolute Gasteiger partial charge is 0.194 e. The number of halogens is 3. The minimum atomic E-state index is -0.635. The van der Waals surface area contributed by atoms with Crippen LogP contribution in [-0.2, 0) is 0 Å². The molecule has 0 saturated carbocycles. The number of hydrogen-bond acceptors (Lipinski definition) is 3. The number of nitrogen functional groups attached to an aromatic ring is 1. The largest absolute Gasteiger partial charge is 0.494 e. The molecule has 0 bridgehead atoms. The number of benzene rings is 2. The van der Waals surface area contributed by atoms with Gasteiger partial charge in [0, 0.05) is 16.8 Å². The molecule has 0 aliphatic heterocycles. The van der Waals surface area contributed by atoms with Crippen LogP contribution in [0.3, 0.4) is 0 Å². The summed E-state index contributed by atoms with van der Waals surface area (Å²) in [4.78, 5) is 12.3. The summed E-state index contributed by atoms with van der Waals surface area (Å²) in [6, 6.07) is 6.73. The average molecular weight is 314 g/mol. The Hall–Kier alpha value is -1.78. The minimum absolute atomic E-state index is 0.0539. The van der Waals surface area contributed by atoms with E-state index in [1.807, 2.05) is 0 Å². The predicted octanol–water partition coefficient (Wildman–Crippen LogP) is 3.95. The highest BCUT2D eigenvalue weighted by atomic mass is 35.5. The van der Waals surface area contributed by atoms with Crippen LogP contribution in [0.15, 0.2) is 30.3 Å². The zero-order chi connectivity index (χ0) is 14.9. The van der Waals surface area contributed by atoms with Gasteiger partial charge in [0.2, 0.25) is 0 Å². The molecule has 3 nitrogen and oxygen atoms in total. The van der Waals surface area contributed by atoms with Crippen molar-refractivity contribution in [1.82, 2.24) is 0 Å². The van der Waals surface area contributed by atoms with Crippen LogP contribution in [-0.4, -0.2) is 12.9 Å². The van der Waals surface area contributed by atoms with Crippen LogP contribution in [0.5, 0.6) is 5.75 Å². The second-order valence-corrected chi connectivity index (χ2v) is 4.83. The first-order valence-corrected chi connectivity index (χ1v) is 6.32. The molecule has 104 valence electrons. The Bertz CT molecular complexity index is 689. The summed E-state index contributed by atoms with van der Waals surface area (Å²) in [7, 11) is 1.34. The summed E-state index contributed by atoms with van der Waals surface area (Å²) in [5.74, 6) is -1.05. The fourth-order valence-corrected chi connectivity index (χ4v) is 2.16. The van der Waals surface area contributed by atoms with Crippen LogP contribution in [0.2, 0.25) is 10.0 Å². The van der Waals surface area contributed by atoms with Crippen LogP contribution in [0, 0.1) is 5.82 Å². The van der Waals surface area contributed by atoms with Crippen molar-refractivity contribution in [3.8, 4) is 5.75 Å². The monoisotopic (exact) mass is 313 g/mol.